The molecule has 0 radical (unpaired) electrons. The highest BCUT2D eigenvalue weighted by Gasteiger charge is 2.32. The molecule has 0 aliphatic carbocycles. The maximum absolute atomic E-state index is 12.8. The SMILES string of the molecule is CC1CN(S(=O)(=O)c2cccnc2)c2ccccc2S1. The van der Waals surface area contributed by atoms with Gasteiger partial charge in [-0.25, -0.2) is 8.42 Å². The van der Waals surface area contributed by atoms with Crippen molar-refractivity contribution in [3.63, 3.8) is 0 Å². The summed E-state index contributed by atoms with van der Waals surface area (Å²) < 4.78 is 27.0. The van der Waals surface area contributed by atoms with E-state index in [0.29, 0.717) is 6.54 Å². The third-order valence-corrected chi connectivity index (χ3v) is 6.02. The Hall–Kier alpha value is -1.53. The summed E-state index contributed by atoms with van der Waals surface area (Å²) in [6.07, 6.45) is 2.96. The lowest BCUT2D eigenvalue weighted by atomic mass is 10.3. The topological polar surface area (TPSA) is 50.3 Å². The van der Waals surface area contributed by atoms with Crippen molar-refractivity contribution in [1.82, 2.24) is 4.98 Å². The Kier molecular flexibility index (Phi) is 3.43. The van der Waals surface area contributed by atoms with Gasteiger partial charge in [0.1, 0.15) is 4.90 Å². The first-order valence-corrected chi connectivity index (χ1v) is 8.59. The van der Waals surface area contributed by atoms with Crippen LogP contribution in [-0.2, 0) is 10.0 Å². The van der Waals surface area contributed by atoms with Crippen molar-refractivity contribution in [1.29, 1.82) is 0 Å². The van der Waals surface area contributed by atoms with Gasteiger partial charge in [0.25, 0.3) is 10.0 Å². The number of thioether (sulfide) groups is 1. The molecule has 3 rings (SSSR count). The monoisotopic (exact) mass is 306 g/mol. The second-order valence-corrected chi connectivity index (χ2v) is 7.96. The maximum atomic E-state index is 12.8. The van der Waals surface area contributed by atoms with Gasteiger partial charge in [-0.15, -0.1) is 11.8 Å². The number of pyridine rings is 1. The summed E-state index contributed by atoms with van der Waals surface area (Å²) in [4.78, 5) is 5.14. The highest BCUT2D eigenvalue weighted by atomic mass is 32.2. The molecule has 20 heavy (non-hydrogen) atoms. The maximum Gasteiger partial charge on any atom is 0.265 e. The fourth-order valence-corrected chi connectivity index (χ4v) is 5.01. The van der Waals surface area contributed by atoms with Crippen LogP contribution in [0, 0.1) is 0 Å². The van der Waals surface area contributed by atoms with Crippen molar-refractivity contribution in [3.8, 4) is 0 Å². The van der Waals surface area contributed by atoms with E-state index in [1.54, 1.807) is 30.1 Å². The van der Waals surface area contributed by atoms with Gasteiger partial charge >= 0.3 is 0 Å². The van der Waals surface area contributed by atoms with Crippen molar-refractivity contribution in [2.24, 2.45) is 0 Å². The van der Waals surface area contributed by atoms with Gasteiger partial charge in [-0.2, -0.15) is 0 Å². The number of rotatable bonds is 2. The number of sulfonamides is 1. The zero-order valence-corrected chi connectivity index (χ0v) is 12.6. The molecule has 0 amide bonds. The van der Waals surface area contributed by atoms with Gasteiger partial charge in [0.05, 0.1) is 5.69 Å². The third kappa shape index (κ3) is 2.29. The fraction of sp³-hybridized carbons (Fsp3) is 0.214. The van der Waals surface area contributed by atoms with Crippen molar-refractivity contribution < 1.29 is 8.42 Å². The molecule has 1 aliphatic rings. The van der Waals surface area contributed by atoms with Crippen LogP contribution in [0.4, 0.5) is 5.69 Å². The lowest BCUT2D eigenvalue weighted by Crippen LogP contribution is -2.38. The summed E-state index contributed by atoms with van der Waals surface area (Å²) >= 11 is 1.71. The van der Waals surface area contributed by atoms with Crippen molar-refractivity contribution in [2.45, 2.75) is 22.0 Å². The first-order chi connectivity index (χ1) is 9.59. The van der Waals surface area contributed by atoms with Crippen LogP contribution in [0.5, 0.6) is 0 Å². The molecule has 104 valence electrons. The molecular formula is C14H14N2O2S2. The quantitative estimate of drug-likeness (QED) is 0.856. The second kappa shape index (κ2) is 5.10. The van der Waals surface area contributed by atoms with E-state index >= 15 is 0 Å². The summed E-state index contributed by atoms with van der Waals surface area (Å²) in [5, 5.41) is 0.219. The number of benzene rings is 1. The Morgan fingerprint density at radius 1 is 1.25 bits per heavy atom. The summed E-state index contributed by atoms with van der Waals surface area (Å²) in [6.45, 7) is 2.51. The molecule has 1 aliphatic heterocycles. The molecule has 0 saturated heterocycles. The Morgan fingerprint density at radius 2 is 2.05 bits per heavy atom. The van der Waals surface area contributed by atoms with Gasteiger partial charge in [0.2, 0.25) is 0 Å². The molecule has 1 aromatic carbocycles. The predicted octanol–water partition coefficient (Wildman–Crippen LogP) is 2.77. The van der Waals surface area contributed by atoms with E-state index in [0.717, 1.165) is 10.6 Å². The van der Waals surface area contributed by atoms with Gasteiger partial charge < -0.3 is 0 Å². The van der Waals surface area contributed by atoms with Crippen LogP contribution in [0.3, 0.4) is 0 Å². The lowest BCUT2D eigenvalue weighted by Gasteiger charge is -2.33. The first kappa shape index (κ1) is 13.5. The van der Waals surface area contributed by atoms with E-state index < -0.39 is 10.0 Å². The van der Waals surface area contributed by atoms with E-state index in [1.165, 1.54) is 10.5 Å². The molecule has 1 aromatic heterocycles. The first-order valence-electron chi connectivity index (χ1n) is 6.27. The average Bonchev–Trinajstić information content (AvgIpc) is 2.47. The standard InChI is InChI=1S/C14H14N2O2S2/c1-11-10-16(13-6-2-3-7-14(13)19-11)20(17,18)12-5-4-8-15-9-12/h2-9,11H,10H2,1H3. The third-order valence-electron chi connectivity index (χ3n) is 3.11. The molecule has 0 fully saturated rings. The number of nitrogens with zero attached hydrogens (tertiary/aromatic N) is 2. The number of hydrogen-bond donors (Lipinski definition) is 0. The van der Waals surface area contributed by atoms with E-state index in [9.17, 15) is 8.42 Å². The molecule has 0 saturated carbocycles. The Morgan fingerprint density at radius 3 is 2.80 bits per heavy atom. The van der Waals surface area contributed by atoms with Crippen molar-refractivity contribution in [3.05, 3.63) is 48.8 Å². The predicted molar refractivity (Wildman–Crippen MR) is 80.5 cm³/mol. The lowest BCUT2D eigenvalue weighted by molar-refractivity contribution is 0.589. The molecular weight excluding hydrogens is 292 g/mol. The second-order valence-electron chi connectivity index (χ2n) is 4.62. The van der Waals surface area contributed by atoms with Gasteiger partial charge in [-0.05, 0) is 24.3 Å². The van der Waals surface area contributed by atoms with Crippen LogP contribution in [0.1, 0.15) is 6.92 Å². The molecule has 1 atom stereocenters. The number of anilines is 1. The van der Waals surface area contributed by atoms with E-state index in [1.807, 2.05) is 31.2 Å². The zero-order valence-electron chi connectivity index (χ0n) is 10.9. The molecule has 6 heteroatoms. The minimum atomic E-state index is -3.55. The summed E-state index contributed by atoms with van der Waals surface area (Å²) in [5.74, 6) is 0. The number of fused-ring (bicyclic) bond motifs is 1. The highest BCUT2D eigenvalue weighted by molar-refractivity contribution is 8.00. The average molecular weight is 306 g/mol. The van der Waals surface area contributed by atoms with Crippen LogP contribution in [-0.4, -0.2) is 25.2 Å². The smallest absolute Gasteiger partial charge is 0.264 e. The summed E-state index contributed by atoms with van der Waals surface area (Å²) in [6, 6.07) is 10.8. The number of aromatic nitrogens is 1. The number of para-hydroxylation sites is 1. The van der Waals surface area contributed by atoms with E-state index in [-0.39, 0.29) is 10.1 Å². The van der Waals surface area contributed by atoms with Crippen LogP contribution < -0.4 is 4.31 Å². The van der Waals surface area contributed by atoms with E-state index in [2.05, 4.69) is 4.98 Å². The van der Waals surface area contributed by atoms with Gasteiger partial charge in [-0.1, -0.05) is 19.1 Å². The molecule has 0 spiro atoms. The van der Waals surface area contributed by atoms with Crippen molar-refractivity contribution >= 4 is 27.5 Å². The number of hydrogen-bond acceptors (Lipinski definition) is 4. The van der Waals surface area contributed by atoms with Crippen LogP contribution >= 0.6 is 11.8 Å². The summed E-state index contributed by atoms with van der Waals surface area (Å²) in [5.41, 5.74) is 0.749. The molecule has 0 bridgehead atoms. The Balaban J connectivity index is 2.11. The van der Waals surface area contributed by atoms with Crippen LogP contribution in [0.15, 0.2) is 58.6 Å². The Bertz CT molecular complexity index is 717. The highest BCUT2D eigenvalue weighted by Crippen LogP contribution is 2.40. The largest absolute Gasteiger partial charge is 0.265 e. The molecule has 2 heterocycles. The Labute approximate surface area is 122 Å². The van der Waals surface area contributed by atoms with Crippen LogP contribution in [0.2, 0.25) is 0 Å². The van der Waals surface area contributed by atoms with Crippen LogP contribution in [0.25, 0.3) is 0 Å². The molecule has 4 nitrogen and oxygen atoms in total. The van der Waals surface area contributed by atoms with Crippen molar-refractivity contribution in [2.75, 3.05) is 10.8 Å². The summed E-state index contributed by atoms with van der Waals surface area (Å²) in [7, 11) is -3.55. The van der Waals surface area contributed by atoms with Gasteiger partial charge in [-0.3, -0.25) is 9.29 Å². The van der Waals surface area contributed by atoms with E-state index in [4.69, 9.17) is 0 Å². The van der Waals surface area contributed by atoms with Gasteiger partial charge in [0.15, 0.2) is 0 Å². The minimum Gasteiger partial charge on any atom is -0.264 e. The normalized spacial score (nSPS) is 18.6. The minimum absolute atomic E-state index is 0.219. The molecule has 1 unspecified atom stereocenters. The zero-order chi connectivity index (χ0) is 14.2. The molecule has 0 N–H and O–H groups in total. The van der Waals surface area contributed by atoms with Gasteiger partial charge in [0, 0.05) is 29.1 Å². The fourth-order valence-electron chi connectivity index (χ4n) is 2.20. The molecule has 2 aromatic rings.